The smallest absolute Gasteiger partial charge is 0.356 e. The lowest BCUT2D eigenvalue weighted by molar-refractivity contribution is 0.0450. The van der Waals surface area contributed by atoms with Gasteiger partial charge in [-0.2, -0.15) is 5.10 Å². The van der Waals surface area contributed by atoms with Gasteiger partial charge in [0, 0.05) is 6.07 Å². The molecule has 0 aromatic carbocycles. The molecule has 0 aliphatic heterocycles. The highest BCUT2D eigenvalue weighted by Gasteiger charge is 2.08. The van der Waals surface area contributed by atoms with E-state index in [4.69, 9.17) is 4.74 Å². The number of aromatic amines is 1. The maximum atomic E-state index is 11.3. The first-order valence-electron chi connectivity index (χ1n) is 4.31. The highest BCUT2D eigenvalue weighted by molar-refractivity contribution is 5.86. The second-order valence-corrected chi connectivity index (χ2v) is 3.32. The molecule has 14 heavy (non-hydrogen) atoms. The standard InChI is InChI=1S/C9H12N2O3/c1-6(2)5-14-9(13)8-3-7(12)4-10-11-8/h3-4,6H,5H2,1-2H3,(H,11,12). The normalized spacial score (nSPS) is 10.2. The molecule has 0 radical (unpaired) electrons. The van der Waals surface area contributed by atoms with Gasteiger partial charge in [0.1, 0.15) is 5.69 Å². The molecule has 0 bridgehead atoms. The Bertz CT molecular complexity index is 370. The molecule has 0 aliphatic carbocycles. The van der Waals surface area contributed by atoms with Gasteiger partial charge >= 0.3 is 5.97 Å². The second kappa shape index (κ2) is 4.55. The van der Waals surface area contributed by atoms with Crippen LogP contribution < -0.4 is 5.43 Å². The zero-order chi connectivity index (χ0) is 10.6. The van der Waals surface area contributed by atoms with Crippen molar-refractivity contribution in [3.8, 4) is 0 Å². The minimum absolute atomic E-state index is 0.0816. The fourth-order valence-corrected chi connectivity index (χ4v) is 0.802. The van der Waals surface area contributed by atoms with Gasteiger partial charge in [-0.15, -0.1) is 0 Å². The van der Waals surface area contributed by atoms with Crippen molar-refractivity contribution in [1.82, 2.24) is 10.2 Å². The molecule has 0 saturated heterocycles. The third kappa shape index (κ3) is 3.01. The van der Waals surface area contributed by atoms with Crippen LogP contribution in [-0.2, 0) is 4.74 Å². The van der Waals surface area contributed by atoms with E-state index in [-0.39, 0.29) is 17.0 Å². The Morgan fingerprint density at radius 3 is 2.93 bits per heavy atom. The number of esters is 1. The van der Waals surface area contributed by atoms with Crippen LogP contribution in [0.2, 0.25) is 0 Å². The Hall–Kier alpha value is -1.65. The van der Waals surface area contributed by atoms with Gasteiger partial charge in [0.2, 0.25) is 5.43 Å². The van der Waals surface area contributed by atoms with Crippen LogP contribution in [0.4, 0.5) is 0 Å². The third-order valence-electron chi connectivity index (χ3n) is 1.43. The first-order valence-corrected chi connectivity index (χ1v) is 4.31. The molecule has 1 rings (SSSR count). The third-order valence-corrected chi connectivity index (χ3v) is 1.43. The van der Waals surface area contributed by atoms with Crippen molar-refractivity contribution in [2.45, 2.75) is 13.8 Å². The highest BCUT2D eigenvalue weighted by Crippen LogP contribution is 1.97. The Balaban J connectivity index is 2.65. The summed E-state index contributed by atoms with van der Waals surface area (Å²) in [5.41, 5.74) is -0.238. The topological polar surface area (TPSA) is 72.1 Å². The van der Waals surface area contributed by atoms with Crippen LogP contribution in [0.3, 0.4) is 0 Å². The summed E-state index contributed by atoms with van der Waals surface area (Å²) in [6, 6.07) is 1.16. The van der Waals surface area contributed by atoms with Gasteiger partial charge in [-0.1, -0.05) is 13.8 Å². The molecule has 5 nitrogen and oxygen atoms in total. The van der Waals surface area contributed by atoms with E-state index in [1.54, 1.807) is 0 Å². The van der Waals surface area contributed by atoms with E-state index in [1.165, 1.54) is 0 Å². The van der Waals surface area contributed by atoms with E-state index < -0.39 is 5.97 Å². The van der Waals surface area contributed by atoms with Crippen LogP contribution in [0, 0.1) is 5.92 Å². The van der Waals surface area contributed by atoms with Crippen LogP contribution in [0.5, 0.6) is 0 Å². The van der Waals surface area contributed by atoms with E-state index in [9.17, 15) is 9.59 Å². The second-order valence-electron chi connectivity index (χ2n) is 3.32. The zero-order valence-corrected chi connectivity index (χ0v) is 8.11. The summed E-state index contributed by atoms with van der Waals surface area (Å²) in [6.07, 6.45) is 1.10. The van der Waals surface area contributed by atoms with Gasteiger partial charge < -0.3 is 4.74 Å². The van der Waals surface area contributed by atoms with Gasteiger partial charge in [0.05, 0.1) is 12.8 Å². The Morgan fingerprint density at radius 2 is 2.36 bits per heavy atom. The van der Waals surface area contributed by atoms with Crippen molar-refractivity contribution in [1.29, 1.82) is 0 Å². The monoisotopic (exact) mass is 196 g/mol. The first kappa shape index (κ1) is 10.4. The SMILES string of the molecule is CC(C)COC(=O)c1cc(=O)cn[nH]1. The highest BCUT2D eigenvalue weighted by atomic mass is 16.5. The summed E-state index contributed by atoms with van der Waals surface area (Å²) < 4.78 is 4.90. The number of carbonyl (C=O) groups excluding carboxylic acids is 1. The van der Waals surface area contributed by atoms with Crippen LogP contribution in [0.25, 0.3) is 0 Å². The molecule has 0 spiro atoms. The first-order chi connectivity index (χ1) is 6.59. The zero-order valence-electron chi connectivity index (χ0n) is 8.11. The molecule has 0 atom stereocenters. The molecule has 0 fully saturated rings. The molecular weight excluding hydrogens is 184 g/mol. The maximum absolute atomic E-state index is 11.3. The van der Waals surface area contributed by atoms with E-state index in [2.05, 4.69) is 10.2 Å². The minimum Gasteiger partial charge on any atom is -0.461 e. The molecule has 76 valence electrons. The number of nitrogens with one attached hydrogen (secondary N) is 1. The van der Waals surface area contributed by atoms with Gasteiger partial charge in [-0.05, 0) is 5.92 Å². The number of aromatic nitrogens is 2. The predicted octanol–water partition coefficient (Wildman–Crippen LogP) is 0.583. The minimum atomic E-state index is -0.552. The van der Waals surface area contributed by atoms with Crippen molar-refractivity contribution in [3.63, 3.8) is 0 Å². The average molecular weight is 196 g/mol. The summed E-state index contributed by atoms with van der Waals surface area (Å²) >= 11 is 0. The van der Waals surface area contributed by atoms with E-state index in [1.807, 2.05) is 13.8 Å². The fraction of sp³-hybridized carbons (Fsp3) is 0.444. The van der Waals surface area contributed by atoms with Crippen molar-refractivity contribution in [2.75, 3.05) is 6.61 Å². The van der Waals surface area contributed by atoms with Crippen molar-refractivity contribution < 1.29 is 9.53 Å². The number of H-pyrrole nitrogens is 1. The lowest BCUT2D eigenvalue weighted by atomic mass is 10.2. The summed E-state index contributed by atoms with van der Waals surface area (Å²) in [5, 5.41) is 5.90. The van der Waals surface area contributed by atoms with Crippen LogP contribution in [0.15, 0.2) is 17.1 Å². The van der Waals surface area contributed by atoms with Crippen LogP contribution in [0.1, 0.15) is 24.3 Å². The van der Waals surface area contributed by atoms with Crippen LogP contribution >= 0.6 is 0 Å². The Kier molecular flexibility index (Phi) is 3.39. The fourth-order valence-electron chi connectivity index (χ4n) is 0.802. The summed E-state index contributed by atoms with van der Waals surface area (Å²) in [4.78, 5) is 22.1. The van der Waals surface area contributed by atoms with Gasteiger partial charge in [-0.25, -0.2) is 4.79 Å². The molecular formula is C9H12N2O3. The molecule has 0 unspecified atom stereocenters. The van der Waals surface area contributed by atoms with Crippen molar-refractivity contribution in [2.24, 2.45) is 5.92 Å². The van der Waals surface area contributed by atoms with Gasteiger partial charge in [0.15, 0.2) is 0 Å². The number of hydrogen-bond acceptors (Lipinski definition) is 4. The van der Waals surface area contributed by atoms with E-state index in [0.717, 1.165) is 12.3 Å². The summed E-state index contributed by atoms with van der Waals surface area (Å²) in [6.45, 7) is 4.19. The summed E-state index contributed by atoms with van der Waals surface area (Å²) in [7, 11) is 0. The largest absolute Gasteiger partial charge is 0.461 e. The lowest BCUT2D eigenvalue weighted by Crippen LogP contribution is -2.15. The molecule has 1 aromatic heterocycles. The molecule has 0 aliphatic rings. The van der Waals surface area contributed by atoms with Crippen LogP contribution in [-0.4, -0.2) is 22.8 Å². The molecule has 0 amide bonds. The number of hydrogen-bond donors (Lipinski definition) is 1. The molecule has 1 N–H and O–H groups in total. The van der Waals surface area contributed by atoms with Gasteiger partial charge in [-0.3, -0.25) is 9.89 Å². The number of nitrogens with zero attached hydrogens (tertiary/aromatic N) is 1. The Labute approximate surface area is 81.1 Å². The quantitative estimate of drug-likeness (QED) is 0.718. The van der Waals surface area contributed by atoms with Gasteiger partial charge in [0.25, 0.3) is 0 Å². The number of rotatable bonds is 3. The van der Waals surface area contributed by atoms with Crippen molar-refractivity contribution >= 4 is 5.97 Å². The number of ether oxygens (including phenoxy) is 1. The summed E-state index contributed by atoms with van der Waals surface area (Å²) in [5.74, 6) is -0.286. The Morgan fingerprint density at radius 1 is 1.64 bits per heavy atom. The predicted molar refractivity (Wildman–Crippen MR) is 50.0 cm³/mol. The molecule has 5 heteroatoms. The van der Waals surface area contributed by atoms with E-state index in [0.29, 0.717) is 6.61 Å². The maximum Gasteiger partial charge on any atom is 0.356 e. The molecule has 0 saturated carbocycles. The molecule has 1 aromatic rings. The average Bonchev–Trinajstić information content (AvgIpc) is 2.14. The van der Waals surface area contributed by atoms with E-state index >= 15 is 0 Å². The lowest BCUT2D eigenvalue weighted by Gasteiger charge is -2.05. The molecule has 1 heterocycles. The number of carbonyl (C=O) groups is 1. The van der Waals surface area contributed by atoms with Crippen molar-refractivity contribution in [3.05, 3.63) is 28.2 Å².